The first-order chi connectivity index (χ1) is 8.20. The highest BCUT2D eigenvalue weighted by Gasteiger charge is 2.07. The maximum absolute atomic E-state index is 10.8. The van der Waals surface area contributed by atoms with Crippen LogP contribution in [0.1, 0.15) is 10.4 Å². The molecule has 0 aliphatic rings. The lowest BCUT2D eigenvalue weighted by atomic mass is 10.2. The minimum absolute atomic E-state index is 0.425. The molecule has 0 unspecified atom stereocenters. The Morgan fingerprint density at radius 1 is 1.00 bits per heavy atom. The second-order valence-corrected chi connectivity index (χ2v) is 4.18. The molecule has 0 N–H and O–H groups in total. The molecule has 0 amide bonds. The zero-order valence-corrected chi connectivity index (χ0v) is 10.2. The molecule has 2 aromatic rings. The van der Waals surface area contributed by atoms with Crippen LogP contribution in [0.2, 0.25) is 10.0 Å². The van der Waals surface area contributed by atoms with Crippen molar-refractivity contribution in [3.8, 4) is 11.5 Å². The highest BCUT2D eigenvalue weighted by molar-refractivity contribution is 6.34. The molecule has 0 bridgehead atoms. The third-order valence-electron chi connectivity index (χ3n) is 2.16. The van der Waals surface area contributed by atoms with E-state index in [0.717, 1.165) is 6.29 Å². The highest BCUT2D eigenvalue weighted by atomic mass is 35.5. The van der Waals surface area contributed by atoms with Gasteiger partial charge in [-0.25, -0.2) is 0 Å². The van der Waals surface area contributed by atoms with Crippen molar-refractivity contribution in [2.45, 2.75) is 0 Å². The SMILES string of the molecule is O=Cc1ccccc1Oc1cc(Cl)ccc1Cl. The van der Waals surface area contributed by atoms with Crippen molar-refractivity contribution >= 4 is 29.5 Å². The maximum Gasteiger partial charge on any atom is 0.153 e. The molecular weight excluding hydrogens is 259 g/mol. The van der Waals surface area contributed by atoms with E-state index in [1.54, 1.807) is 42.5 Å². The first-order valence-corrected chi connectivity index (χ1v) is 5.63. The van der Waals surface area contributed by atoms with Gasteiger partial charge in [0.1, 0.15) is 11.5 Å². The molecule has 2 aromatic carbocycles. The Kier molecular flexibility index (Phi) is 3.67. The fourth-order valence-corrected chi connectivity index (χ4v) is 1.66. The quantitative estimate of drug-likeness (QED) is 0.760. The van der Waals surface area contributed by atoms with Crippen LogP contribution in [0.15, 0.2) is 42.5 Å². The molecule has 4 heteroatoms. The van der Waals surface area contributed by atoms with Crippen LogP contribution in [0.4, 0.5) is 0 Å². The van der Waals surface area contributed by atoms with Gasteiger partial charge >= 0.3 is 0 Å². The highest BCUT2D eigenvalue weighted by Crippen LogP contribution is 2.32. The summed E-state index contributed by atoms with van der Waals surface area (Å²) in [6.07, 6.45) is 0.730. The van der Waals surface area contributed by atoms with E-state index in [9.17, 15) is 4.79 Å². The fraction of sp³-hybridized carbons (Fsp3) is 0. The minimum Gasteiger partial charge on any atom is -0.455 e. The average molecular weight is 267 g/mol. The predicted octanol–water partition coefficient (Wildman–Crippen LogP) is 4.60. The number of halogens is 2. The van der Waals surface area contributed by atoms with Gasteiger partial charge in [0.05, 0.1) is 10.6 Å². The first-order valence-electron chi connectivity index (χ1n) is 4.88. The molecule has 2 nitrogen and oxygen atoms in total. The van der Waals surface area contributed by atoms with E-state index in [2.05, 4.69) is 0 Å². The van der Waals surface area contributed by atoms with E-state index in [1.807, 2.05) is 0 Å². The summed E-state index contributed by atoms with van der Waals surface area (Å²) in [4.78, 5) is 10.8. The van der Waals surface area contributed by atoms with Gasteiger partial charge in [0.2, 0.25) is 0 Å². The van der Waals surface area contributed by atoms with E-state index in [0.29, 0.717) is 27.1 Å². The molecule has 86 valence electrons. The van der Waals surface area contributed by atoms with E-state index in [1.165, 1.54) is 0 Å². The van der Waals surface area contributed by atoms with Crippen molar-refractivity contribution in [3.63, 3.8) is 0 Å². The zero-order valence-electron chi connectivity index (χ0n) is 8.69. The number of benzene rings is 2. The second-order valence-electron chi connectivity index (χ2n) is 3.33. The van der Waals surface area contributed by atoms with Crippen LogP contribution in [0.5, 0.6) is 11.5 Å². The summed E-state index contributed by atoms with van der Waals surface area (Å²) in [5.41, 5.74) is 0.462. The molecule has 0 fully saturated rings. The first kappa shape index (κ1) is 12.0. The molecule has 0 spiro atoms. The van der Waals surface area contributed by atoms with Crippen LogP contribution in [0, 0.1) is 0 Å². The average Bonchev–Trinajstić information content (AvgIpc) is 2.34. The standard InChI is InChI=1S/C13H8Cl2O2/c14-10-5-6-11(15)13(7-10)17-12-4-2-1-3-9(12)8-16/h1-8H. The molecule has 0 aliphatic carbocycles. The van der Waals surface area contributed by atoms with E-state index >= 15 is 0 Å². The minimum atomic E-state index is 0.425. The maximum atomic E-state index is 10.8. The molecule has 17 heavy (non-hydrogen) atoms. The number of rotatable bonds is 3. The van der Waals surface area contributed by atoms with Gasteiger partial charge in [-0.15, -0.1) is 0 Å². The summed E-state index contributed by atoms with van der Waals surface area (Å²) < 4.78 is 5.56. The van der Waals surface area contributed by atoms with Crippen molar-refractivity contribution in [2.75, 3.05) is 0 Å². The van der Waals surface area contributed by atoms with Crippen LogP contribution in [-0.2, 0) is 0 Å². The van der Waals surface area contributed by atoms with E-state index in [-0.39, 0.29) is 0 Å². The topological polar surface area (TPSA) is 26.3 Å². The van der Waals surface area contributed by atoms with Gasteiger partial charge in [0.15, 0.2) is 6.29 Å². The monoisotopic (exact) mass is 266 g/mol. The van der Waals surface area contributed by atoms with Gasteiger partial charge in [-0.05, 0) is 24.3 Å². The number of hydrogen-bond acceptors (Lipinski definition) is 2. The van der Waals surface area contributed by atoms with Crippen LogP contribution in [0.25, 0.3) is 0 Å². The second kappa shape index (κ2) is 5.21. The number of carbonyl (C=O) groups is 1. The molecule has 0 aliphatic heterocycles. The van der Waals surface area contributed by atoms with Crippen LogP contribution < -0.4 is 4.74 Å². The normalized spacial score (nSPS) is 10.0. The molecule has 0 heterocycles. The third kappa shape index (κ3) is 2.78. The largest absolute Gasteiger partial charge is 0.455 e. The van der Waals surface area contributed by atoms with Crippen molar-refractivity contribution in [1.29, 1.82) is 0 Å². The van der Waals surface area contributed by atoms with E-state index < -0.39 is 0 Å². The van der Waals surface area contributed by atoms with Gasteiger partial charge in [0, 0.05) is 11.1 Å². The van der Waals surface area contributed by atoms with Gasteiger partial charge in [-0.3, -0.25) is 4.79 Å². The summed E-state index contributed by atoms with van der Waals surface area (Å²) in [6, 6.07) is 11.8. The smallest absolute Gasteiger partial charge is 0.153 e. The molecule has 0 saturated heterocycles. The molecule has 0 aromatic heterocycles. The van der Waals surface area contributed by atoms with Crippen molar-refractivity contribution in [2.24, 2.45) is 0 Å². The lowest BCUT2D eigenvalue weighted by molar-refractivity contribution is 0.112. The Bertz CT molecular complexity index is 553. The van der Waals surface area contributed by atoms with Crippen LogP contribution in [0.3, 0.4) is 0 Å². The Labute approximate surface area is 109 Å². The van der Waals surface area contributed by atoms with Crippen molar-refractivity contribution in [1.82, 2.24) is 0 Å². The molecular formula is C13H8Cl2O2. The summed E-state index contributed by atoms with van der Waals surface area (Å²) in [7, 11) is 0. The van der Waals surface area contributed by atoms with Crippen molar-refractivity contribution < 1.29 is 9.53 Å². The Morgan fingerprint density at radius 3 is 2.53 bits per heavy atom. The fourth-order valence-electron chi connectivity index (χ4n) is 1.34. The number of ether oxygens (including phenoxy) is 1. The van der Waals surface area contributed by atoms with Gasteiger partial charge in [-0.1, -0.05) is 35.3 Å². The lowest BCUT2D eigenvalue weighted by Gasteiger charge is -2.09. The molecule has 2 rings (SSSR count). The summed E-state index contributed by atoms with van der Waals surface area (Å²) >= 11 is 11.8. The Hall–Kier alpha value is -1.51. The van der Waals surface area contributed by atoms with E-state index in [4.69, 9.17) is 27.9 Å². The number of aldehydes is 1. The Morgan fingerprint density at radius 2 is 1.76 bits per heavy atom. The lowest BCUT2D eigenvalue weighted by Crippen LogP contribution is -1.90. The number of hydrogen-bond donors (Lipinski definition) is 0. The predicted molar refractivity (Wildman–Crippen MR) is 68.4 cm³/mol. The zero-order chi connectivity index (χ0) is 12.3. The third-order valence-corrected chi connectivity index (χ3v) is 2.71. The Balaban J connectivity index is 2.37. The van der Waals surface area contributed by atoms with Gasteiger partial charge < -0.3 is 4.74 Å². The van der Waals surface area contributed by atoms with Gasteiger partial charge in [-0.2, -0.15) is 0 Å². The molecule has 0 saturated carbocycles. The molecule has 0 radical (unpaired) electrons. The number of carbonyl (C=O) groups excluding carboxylic acids is 1. The van der Waals surface area contributed by atoms with Crippen molar-refractivity contribution in [3.05, 3.63) is 58.1 Å². The van der Waals surface area contributed by atoms with Crippen LogP contribution >= 0.6 is 23.2 Å². The summed E-state index contributed by atoms with van der Waals surface area (Å²) in [6.45, 7) is 0. The summed E-state index contributed by atoms with van der Waals surface area (Å²) in [5.74, 6) is 0.875. The summed E-state index contributed by atoms with van der Waals surface area (Å²) in [5, 5.41) is 0.961. The number of para-hydroxylation sites is 1. The van der Waals surface area contributed by atoms with Gasteiger partial charge in [0.25, 0.3) is 0 Å². The molecule has 0 atom stereocenters. The van der Waals surface area contributed by atoms with Crippen LogP contribution in [-0.4, -0.2) is 6.29 Å².